The van der Waals surface area contributed by atoms with Crippen LogP contribution in [-0.4, -0.2) is 28.6 Å². The van der Waals surface area contributed by atoms with Crippen molar-refractivity contribution in [1.82, 2.24) is 5.32 Å². The minimum absolute atomic E-state index is 0.108. The van der Waals surface area contributed by atoms with E-state index in [1.54, 1.807) is 19.1 Å². The number of benzene rings is 1. The molecule has 7 nitrogen and oxygen atoms in total. The molecular weight excluding hydrogens is 262 g/mol. The van der Waals surface area contributed by atoms with Crippen molar-refractivity contribution in [1.29, 1.82) is 5.26 Å². The number of carboxylic acids is 1. The normalized spacial score (nSPS) is 10.5. The van der Waals surface area contributed by atoms with Gasteiger partial charge in [-0.2, -0.15) is 5.26 Å². The largest absolute Gasteiger partial charge is 0.508 e. The van der Waals surface area contributed by atoms with Crippen LogP contribution in [0.4, 0.5) is 5.69 Å². The van der Waals surface area contributed by atoms with Crippen molar-refractivity contribution >= 4 is 17.6 Å². The number of amides is 1. The van der Waals surface area contributed by atoms with E-state index in [2.05, 4.69) is 10.6 Å². The Morgan fingerprint density at radius 1 is 1.45 bits per heavy atom. The quantitative estimate of drug-likeness (QED) is 0.357. The van der Waals surface area contributed by atoms with Crippen LogP contribution in [0, 0.1) is 18.3 Å². The highest BCUT2D eigenvalue weighted by atomic mass is 16.4. The summed E-state index contributed by atoms with van der Waals surface area (Å²) in [5, 5.41) is 31.4. The predicted molar refractivity (Wildman–Crippen MR) is 70.8 cm³/mol. The van der Waals surface area contributed by atoms with Crippen LogP contribution in [0.15, 0.2) is 30.0 Å². The van der Waals surface area contributed by atoms with E-state index in [0.717, 1.165) is 5.56 Å². The maximum absolute atomic E-state index is 11.5. The predicted octanol–water partition coefficient (Wildman–Crippen LogP) is 0.721. The molecule has 0 bridgehead atoms. The van der Waals surface area contributed by atoms with E-state index in [9.17, 15) is 14.7 Å². The molecule has 104 valence electrons. The van der Waals surface area contributed by atoms with E-state index < -0.39 is 18.4 Å². The number of carboxylic acid groups (broad SMARTS) is 1. The minimum atomic E-state index is -1.20. The molecule has 1 rings (SSSR count). The molecule has 4 N–H and O–H groups in total. The lowest BCUT2D eigenvalue weighted by Crippen LogP contribution is -2.30. The second kappa shape index (κ2) is 6.80. The molecule has 1 aromatic rings. The summed E-state index contributed by atoms with van der Waals surface area (Å²) in [5.74, 6) is -1.87. The molecule has 1 amide bonds. The average molecular weight is 275 g/mol. The zero-order valence-corrected chi connectivity index (χ0v) is 10.7. The maximum Gasteiger partial charge on any atom is 0.322 e. The molecule has 0 unspecified atom stereocenters. The number of aromatic hydroxyl groups is 1. The smallest absolute Gasteiger partial charge is 0.322 e. The van der Waals surface area contributed by atoms with Crippen LogP contribution in [0.3, 0.4) is 0 Å². The number of nitrogens with zero attached hydrogens (tertiary/aromatic N) is 1. The summed E-state index contributed by atoms with van der Waals surface area (Å²) in [6.45, 7) is 1.18. The fourth-order valence-electron chi connectivity index (χ4n) is 1.36. The molecular formula is C13H13N3O4. The van der Waals surface area contributed by atoms with Crippen LogP contribution in [0.1, 0.15) is 5.56 Å². The molecule has 0 atom stereocenters. The van der Waals surface area contributed by atoms with E-state index in [-0.39, 0.29) is 11.3 Å². The summed E-state index contributed by atoms with van der Waals surface area (Å²) in [6.07, 6.45) is 1.18. The molecule has 7 heteroatoms. The van der Waals surface area contributed by atoms with Crippen LogP contribution in [0.5, 0.6) is 5.75 Å². The van der Waals surface area contributed by atoms with Gasteiger partial charge in [-0.25, -0.2) is 0 Å². The standard InChI is InChI=1S/C13H13N3O4/c1-8-4-10(17)2-3-11(8)15-6-9(5-14)13(20)16-7-12(18)19/h2-4,6,15,17H,7H2,1H3,(H,16,20)(H,18,19)/b9-6-. The topological polar surface area (TPSA) is 122 Å². The molecule has 0 aliphatic heterocycles. The third-order valence-corrected chi connectivity index (χ3v) is 2.35. The summed E-state index contributed by atoms with van der Waals surface area (Å²) < 4.78 is 0. The maximum atomic E-state index is 11.5. The zero-order chi connectivity index (χ0) is 15.1. The van der Waals surface area contributed by atoms with Gasteiger partial charge in [0.05, 0.1) is 0 Å². The first-order chi connectivity index (χ1) is 9.43. The number of aliphatic carboxylic acids is 1. The van der Waals surface area contributed by atoms with Gasteiger partial charge in [-0.3, -0.25) is 9.59 Å². The van der Waals surface area contributed by atoms with Crippen molar-refractivity contribution in [2.45, 2.75) is 6.92 Å². The molecule has 0 aliphatic rings. The van der Waals surface area contributed by atoms with Crippen LogP contribution in [0.25, 0.3) is 0 Å². The Morgan fingerprint density at radius 2 is 2.15 bits per heavy atom. The summed E-state index contributed by atoms with van der Waals surface area (Å²) in [6, 6.07) is 6.24. The highest BCUT2D eigenvalue weighted by Crippen LogP contribution is 2.20. The van der Waals surface area contributed by atoms with Gasteiger partial charge in [0.25, 0.3) is 5.91 Å². The minimum Gasteiger partial charge on any atom is -0.508 e. The molecule has 0 fully saturated rings. The van der Waals surface area contributed by atoms with Gasteiger partial charge in [-0.05, 0) is 30.7 Å². The molecule has 20 heavy (non-hydrogen) atoms. The van der Waals surface area contributed by atoms with Gasteiger partial charge < -0.3 is 20.8 Å². The number of nitrogens with one attached hydrogen (secondary N) is 2. The number of anilines is 1. The van der Waals surface area contributed by atoms with E-state index in [0.29, 0.717) is 5.69 Å². The average Bonchev–Trinajstić information content (AvgIpc) is 2.39. The Bertz CT molecular complexity index is 602. The van der Waals surface area contributed by atoms with Gasteiger partial charge in [0, 0.05) is 11.9 Å². The number of rotatable bonds is 5. The molecule has 0 radical (unpaired) electrons. The highest BCUT2D eigenvalue weighted by molar-refractivity contribution is 5.98. The summed E-state index contributed by atoms with van der Waals surface area (Å²) in [4.78, 5) is 21.8. The summed E-state index contributed by atoms with van der Waals surface area (Å²) >= 11 is 0. The number of carbonyl (C=O) groups is 2. The Hall–Kier alpha value is -3.01. The molecule has 0 saturated carbocycles. The van der Waals surface area contributed by atoms with Gasteiger partial charge in [0.15, 0.2) is 0 Å². The number of hydrogen-bond acceptors (Lipinski definition) is 5. The Labute approximate surface area is 115 Å². The highest BCUT2D eigenvalue weighted by Gasteiger charge is 2.10. The van der Waals surface area contributed by atoms with Crippen LogP contribution in [0.2, 0.25) is 0 Å². The van der Waals surface area contributed by atoms with Crippen LogP contribution in [-0.2, 0) is 9.59 Å². The third kappa shape index (κ3) is 4.34. The summed E-state index contributed by atoms with van der Waals surface area (Å²) in [5.41, 5.74) is 1.09. The Kier molecular flexibility index (Phi) is 5.12. The van der Waals surface area contributed by atoms with Crippen molar-refractivity contribution in [2.75, 3.05) is 11.9 Å². The monoisotopic (exact) mass is 275 g/mol. The summed E-state index contributed by atoms with van der Waals surface area (Å²) in [7, 11) is 0. The first-order valence-electron chi connectivity index (χ1n) is 5.60. The first-order valence-corrected chi connectivity index (χ1v) is 5.60. The fourth-order valence-corrected chi connectivity index (χ4v) is 1.36. The van der Waals surface area contributed by atoms with Crippen LogP contribution >= 0.6 is 0 Å². The molecule has 0 aliphatic carbocycles. The van der Waals surface area contributed by atoms with Crippen molar-refractivity contribution in [3.8, 4) is 11.8 Å². The number of aryl methyl sites for hydroxylation is 1. The number of phenolic OH excluding ortho intramolecular Hbond substituents is 1. The van der Waals surface area contributed by atoms with Crippen molar-refractivity contribution < 1.29 is 19.8 Å². The zero-order valence-electron chi connectivity index (χ0n) is 10.7. The van der Waals surface area contributed by atoms with Crippen molar-refractivity contribution in [3.63, 3.8) is 0 Å². The number of nitriles is 1. The molecule has 1 aromatic carbocycles. The Balaban J connectivity index is 2.77. The van der Waals surface area contributed by atoms with Gasteiger partial charge in [0.2, 0.25) is 0 Å². The molecule has 0 aromatic heterocycles. The third-order valence-electron chi connectivity index (χ3n) is 2.35. The Morgan fingerprint density at radius 3 is 2.70 bits per heavy atom. The van der Waals surface area contributed by atoms with Crippen molar-refractivity contribution in [3.05, 3.63) is 35.5 Å². The van der Waals surface area contributed by atoms with E-state index in [4.69, 9.17) is 10.4 Å². The first kappa shape index (κ1) is 15.0. The van der Waals surface area contributed by atoms with E-state index in [1.165, 1.54) is 18.3 Å². The van der Waals surface area contributed by atoms with Gasteiger partial charge in [-0.15, -0.1) is 0 Å². The molecule has 0 spiro atoms. The second-order valence-corrected chi connectivity index (χ2v) is 3.89. The van der Waals surface area contributed by atoms with E-state index in [1.807, 2.05) is 0 Å². The van der Waals surface area contributed by atoms with Crippen LogP contribution < -0.4 is 10.6 Å². The van der Waals surface area contributed by atoms with Gasteiger partial charge >= 0.3 is 5.97 Å². The second-order valence-electron chi connectivity index (χ2n) is 3.89. The number of phenols is 1. The lowest BCUT2D eigenvalue weighted by Gasteiger charge is -2.06. The number of carbonyl (C=O) groups excluding carboxylic acids is 1. The van der Waals surface area contributed by atoms with Gasteiger partial charge in [0.1, 0.15) is 23.9 Å². The SMILES string of the molecule is Cc1cc(O)ccc1N/C=C(/C#N)C(=O)NCC(=O)O. The lowest BCUT2D eigenvalue weighted by atomic mass is 10.2. The van der Waals surface area contributed by atoms with Gasteiger partial charge in [-0.1, -0.05) is 0 Å². The number of hydrogen-bond donors (Lipinski definition) is 4. The lowest BCUT2D eigenvalue weighted by molar-refractivity contribution is -0.137. The van der Waals surface area contributed by atoms with Crippen molar-refractivity contribution in [2.24, 2.45) is 0 Å². The molecule has 0 saturated heterocycles. The van der Waals surface area contributed by atoms with E-state index >= 15 is 0 Å². The molecule has 0 heterocycles. The fraction of sp³-hybridized carbons (Fsp3) is 0.154.